The average molecular weight is 247 g/mol. The molecule has 2 rings (SSSR count). The van der Waals surface area contributed by atoms with Gasteiger partial charge in [-0.3, -0.25) is 4.79 Å². The van der Waals surface area contributed by atoms with Crippen LogP contribution in [0.5, 0.6) is 0 Å². The van der Waals surface area contributed by atoms with Crippen LogP contribution in [0, 0.1) is 0 Å². The van der Waals surface area contributed by atoms with Crippen LogP contribution in [0.2, 0.25) is 0 Å². The van der Waals surface area contributed by atoms with Crippen molar-refractivity contribution in [2.75, 3.05) is 10.6 Å². The van der Waals surface area contributed by atoms with Crippen molar-refractivity contribution in [2.24, 2.45) is 5.73 Å². The van der Waals surface area contributed by atoms with Crippen molar-refractivity contribution in [1.29, 1.82) is 0 Å². The molecule has 2 atom stereocenters. The van der Waals surface area contributed by atoms with Crippen LogP contribution in [0.25, 0.3) is 0 Å². The Labute approximate surface area is 108 Å². The van der Waals surface area contributed by atoms with Crippen LogP contribution in [0.1, 0.15) is 43.5 Å². The maximum Gasteiger partial charge on any atom is 0.250 e. The minimum absolute atomic E-state index is 0.415. The molecule has 98 valence electrons. The number of nitrogen functional groups attached to an aromatic ring is 1. The van der Waals surface area contributed by atoms with Crippen molar-refractivity contribution >= 4 is 17.3 Å². The Hall–Kier alpha value is -1.71. The van der Waals surface area contributed by atoms with Gasteiger partial charge in [0.05, 0.1) is 11.3 Å². The third-order valence-electron chi connectivity index (χ3n) is 3.76. The van der Waals surface area contributed by atoms with Crippen molar-refractivity contribution in [3.8, 4) is 0 Å². The van der Waals surface area contributed by atoms with Crippen molar-refractivity contribution in [3.63, 3.8) is 0 Å². The summed E-state index contributed by atoms with van der Waals surface area (Å²) in [5.41, 5.74) is 13.2. The van der Waals surface area contributed by atoms with Crippen LogP contribution in [0.4, 0.5) is 11.4 Å². The molecule has 1 aliphatic rings. The summed E-state index contributed by atoms with van der Waals surface area (Å²) in [5.74, 6) is -0.415. The SMILES string of the molecule is C[C@@H]1CCC[C@H](C)N1c1ccc(N)cc1C(N)=O. The van der Waals surface area contributed by atoms with Crippen LogP contribution in [-0.4, -0.2) is 18.0 Å². The fourth-order valence-corrected chi connectivity index (χ4v) is 2.87. The van der Waals surface area contributed by atoms with Gasteiger partial charge < -0.3 is 16.4 Å². The highest BCUT2D eigenvalue weighted by Crippen LogP contribution is 2.32. The van der Waals surface area contributed by atoms with Gasteiger partial charge in [0.2, 0.25) is 0 Å². The first kappa shape index (κ1) is 12.7. The molecule has 1 saturated heterocycles. The lowest BCUT2D eigenvalue weighted by molar-refractivity contribution is 0.100. The van der Waals surface area contributed by atoms with Crippen LogP contribution >= 0.6 is 0 Å². The second-order valence-electron chi connectivity index (χ2n) is 5.18. The van der Waals surface area contributed by atoms with Gasteiger partial charge in [-0.15, -0.1) is 0 Å². The molecular formula is C14H21N3O. The molecule has 1 amide bonds. The monoisotopic (exact) mass is 247 g/mol. The third-order valence-corrected chi connectivity index (χ3v) is 3.76. The average Bonchev–Trinajstić information content (AvgIpc) is 2.30. The number of benzene rings is 1. The van der Waals surface area contributed by atoms with Gasteiger partial charge >= 0.3 is 0 Å². The first-order chi connectivity index (χ1) is 8.50. The topological polar surface area (TPSA) is 72.3 Å². The van der Waals surface area contributed by atoms with E-state index in [0.29, 0.717) is 23.3 Å². The molecular weight excluding hydrogens is 226 g/mol. The lowest BCUT2D eigenvalue weighted by Crippen LogP contribution is -2.44. The molecule has 0 unspecified atom stereocenters. The van der Waals surface area contributed by atoms with Crippen molar-refractivity contribution in [1.82, 2.24) is 0 Å². The Morgan fingerprint density at radius 3 is 2.44 bits per heavy atom. The molecule has 1 aromatic rings. The zero-order valence-corrected chi connectivity index (χ0v) is 11.0. The zero-order valence-electron chi connectivity index (χ0n) is 11.0. The maximum absolute atomic E-state index is 11.6. The molecule has 0 saturated carbocycles. The number of amides is 1. The zero-order chi connectivity index (χ0) is 13.3. The van der Waals surface area contributed by atoms with E-state index in [4.69, 9.17) is 11.5 Å². The number of primary amides is 1. The smallest absolute Gasteiger partial charge is 0.250 e. The third kappa shape index (κ3) is 2.28. The Kier molecular flexibility index (Phi) is 3.45. The Morgan fingerprint density at radius 2 is 1.89 bits per heavy atom. The van der Waals surface area contributed by atoms with Crippen molar-refractivity contribution in [2.45, 2.75) is 45.2 Å². The summed E-state index contributed by atoms with van der Waals surface area (Å²) in [6, 6.07) is 6.26. The van der Waals surface area contributed by atoms with Gasteiger partial charge in [-0.2, -0.15) is 0 Å². The second kappa shape index (κ2) is 4.88. The minimum Gasteiger partial charge on any atom is -0.399 e. The van der Waals surface area contributed by atoms with Crippen molar-refractivity contribution < 1.29 is 4.79 Å². The first-order valence-corrected chi connectivity index (χ1v) is 6.48. The molecule has 1 aliphatic heterocycles. The number of piperidine rings is 1. The lowest BCUT2D eigenvalue weighted by Gasteiger charge is -2.41. The van der Waals surface area contributed by atoms with Crippen LogP contribution in [0.15, 0.2) is 18.2 Å². The fraction of sp³-hybridized carbons (Fsp3) is 0.500. The highest BCUT2D eigenvalue weighted by atomic mass is 16.1. The summed E-state index contributed by atoms with van der Waals surface area (Å²) in [5, 5.41) is 0. The number of nitrogens with two attached hydrogens (primary N) is 2. The predicted molar refractivity (Wildman–Crippen MR) is 74.6 cm³/mol. The highest BCUT2D eigenvalue weighted by Gasteiger charge is 2.27. The van der Waals surface area contributed by atoms with Crippen molar-refractivity contribution in [3.05, 3.63) is 23.8 Å². The molecule has 4 nitrogen and oxygen atoms in total. The van der Waals surface area contributed by atoms with E-state index in [-0.39, 0.29) is 0 Å². The molecule has 0 aromatic heterocycles. The maximum atomic E-state index is 11.6. The normalized spacial score (nSPS) is 24.0. The standard InChI is InChI=1S/C14H21N3O/c1-9-4-3-5-10(2)17(9)13-7-6-11(15)8-12(13)14(16)18/h6-10H,3-5,15H2,1-2H3,(H2,16,18)/t9-,10+. The minimum atomic E-state index is -0.415. The Bertz CT molecular complexity index is 448. The van der Waals surface area contributed by atoms with Gasteiger partial charge in [0.15, 0.2) is 0 Å². The molecule has 4 heteroatoms. The van der Waals surface area contributed by atoms with E-state index < -0.39 is 5.91 Å². The van der Waals surface area contributed by atoms with Gasteiger partial charge in [-0.05, 0) is 51.3 Å². The molecule has 1 aromatic carbocycles. The number of nitrogens with zero attached hydrogens (tertiary/aromatic N) is 1. The summed E-state index contributed by atoms with van der Waals surface area (Å²) in [7, 11) is 0. The van der Waals surface area contributed by atoms with Gasteiger partial charge in [0, 0.05) is 17.8 Å². The Balaban J connectivity index is 2.45. The molecule has 1 fully saturated rings. The quantitative estimate of drug-likeness (QED) is 0.786. The molecule has 1 heterocycles. The van der Waals surface area contributed by atoms with E-state index in [1.165, 1.54) is 6.42 Å². The number of carbonyl (C=O) groups is 1. The highest BCUT2D eigenvalue weighted by molar-refractivity contribution is 5.99. The fourth-order valence-electron chi connectivity index (χ4n) is 2.87. The Morgan fingerprint density at radius 1 is 1.28 bits per heavy atom. The summed E-state index contributed by atoms with van der Waals surface area (Å²) >= 11 is 0. The molecule has 0 radical (unpaired) electrons. The van der Waals surface area contributed by atoms with Crippen LogP contribution in [0.3, 0.4) is 0 Å². The van der Waals surface area contributed by atoms with Gasteiger partial charge in [-0.25, -0.2) is 0 Å². The number of hydrogen-bond donors (Lipinski definition) is 2. The second-order valence-corrected chi connectivity index (χ2v) is 5.18. The molecule has 4 N–H and O–H groups in total. The number of anilines is 2. The predicted octanol–water partition coefficient (Wildman–Crippen LogP) is 2.14. The summed E-state index contributed by atoms with van der Waals surface area (Å²) in [4.78, 5) is 13.9. The summed E-state index contributed by atoms with van der Waals surface area (Å²) in [6.45, 7) is 4.38. The number of rotatable bonds is 2. The largest absolute Gasteiger partial charge is 0.399 e. The van der Waals surface area contributed by atoms with E-state index in [1.54, 1.807) is 6.07 Å². The number of hydrogen-bond acceptors (Lipinski definition) is 3. The number of carbonyl (C=O) groups excluding carboxylic acids is 1. The first-order valence-electron chi connectivity index (χ1n) is 6.48. The summed E-state index contributed by atoms with van der Waals surface area (Å²) < 4.78 is 0. The molecule has 0 bridgehead atoms. The molecule has 18 heavy (non-hydrogen) atoms. The van der Waals surface area contributed by atoms with E-state index in [9.17, 15) is 4.79 Å². The van der Waals surface area contributed by atoms with E-state index in [0.717, 1.165) is 18.5 Å². The van der Waals surface area contributed by atoms with Crippen LogP contribution in [-0.2, 0) is 0 Å². The van der Waals surface area contributed by atoms with E-state index in [1.807, 2.05) is 12.1 Å². The van der Waals surface area contributed by atoms with Gasteiger partial charge in [0.25, 0.3) is 5.91 Å². The van der Waals surface area contributed by atoms with Gasteiger partial charge in [0.1, 0.15) is 0 Å². The molecule has 0 spiro atoms. The van der Waals surface area contributed by atoms with Crippen LogP contribution < -0.4 is 16.4 Å². The summed E-state index contributed by atoms with van der Waals surface area (Å²) in [6.07, 6.45) is 3.53. The van der Waals surface area contributed by atoms with E-state index >= 15 is 0 Å². The lowest BCUT2D eigenvalue weighted by atomic mass is 9.95. The van der Waals surface area contributed by atoms with Gasteiger partial charge in [-0.1, -0.05) is 0 Å². The molecule has 0 aliphatic carbocycles. The van der Waals surface area contributed by atoms with E-state index in [2.05, 4.69) is 18.7 Å².